The van der Waals surface area contributed by atoms with Crippen LogP contribution in [0, 0.1) is 0 Å². The summed E-state index contributed by atoms with van der Waals surface area (Å²) in [5.74, 6) is -2.45. The van der Waals surface area contributed by atoms with Crippen molar-refractivity contribution in [3.05, 3.63) is 29.8 Å². The van der Waals surface area contributed by atoms with E-state index in [1.54, 1.807) is 24.3 Å². The third kappa shape index (κ3) is 3.93. The number of likely N-dealkylation sites (N-methyl/N-ethyl adjacent to an activating group) is 1. The molecule has 0 unspecified atom stereocenters. The quantitative estimate of drug-likeness (QED) is 0.799. The van der Waals surface area contributed by atoms with Crippen molar-refractivity contribution in [2.24, 2.45) is 0 Å². The summed E-state index contributed by atoms with van der Waals surface area (Å²) in [5.41, 5.74) is 0.563. The van der Waals surface area contributed by atoms with Crippen LogP contribution in [-0.2, 0) is 0 Å². The van der Waals surface area contributed by atoms with E-state index in [2.05, 4.69) is 11.8 Å². The van der Waals surface area contributed by atoms with Gasteiger partial charge < -0.3 is 9.80 Å². The molecule has 1 aromatic rings. The summed E-state index contributed by atoms with van der Waals surface area (Å²) in [7, 11) is 0. The number of alkyl halides is 2. The fourth-order valence-corrected chi connectivity index (χ4v) is 2.73. The van der Waals surface area contributed by atoms with Crippen molar-refractivity contribution >= 4 is 17.7 Å². The molecule has 3 nitrogen and oxygen atoms in total. The van der Waals surface area contributed by atoms with Crippen LogP contribution in [0.25, 0.3) is 0 Å². The average Bonchev–Trinajstić information content (AvgIpc) is 2.47. The zero-order valence-corrected chi connectivity index (χ0v) is 12.2. The van der Waals surface area contributed by atoms with Crippen molar-refractivity contribution < 1.29 is 13.6 Å². The van der Waals surface area contributed by atoms with Crippen LogP contribution in [0.3, 0.4) is 0 Å². The van der Waals surface area contributed by atoms with E-state index in [9.17, 15) is 13.6 Å². The number of halogens is 2. The standard InChI is InChI=1S/C14H18F2N2OS/c1-2-17-7-9-18(10-8-17)13(19)11-3-5-12(6-4-11)20-14(15)16/h3-6,14H,2,7-10H2,1H3. The maximum absolute atomic E-state index is 12.3. The van der Waals surface area contributed by atoms with Gasteiger partial charge in [-0.05, 0) is 30.8 Å². The van der Waals surface area contributed by atoms with Gasteiger partial charge in [-0.1, -0.05) is 18.7 Å². The highest BCUT2D eigenvalue weighted by atomic mass is 32.2. The monoisotopic (exact) mass is 300 g/mol. The Bertz CT molecular complexity index is 445. The molecule has 20 heavy (non-hydrogen) atoms. The number of piperazine rings is 1. The van der Waals surface area contributed by atoms with Gasteiger partial charge in [-0.3, -0.25) is 4.79 Å². The fraction of sp³-hybridized carbons (Fsp3) is 0.500. The molecule has 0 atom stereocenters. The van der Waals surface area contributed by atoms with Gasteiger partial charge in [-0.2, -0.15) is 8.78 Å². The predicted octanol–water partition coefficient (Wildman–Crippen LogP) is 2.78. The molecule has 1 aliphatic heterocycles. The summed E-state index contributed by atoms with van der Waals surface area (Å²) in [6.45, 7) is 6.34. The molecule has 1 heterocycles. The van der Waals surface area contributed by atoms with Gasteiger partial charge >= 0.3 is 0 Å². The van der Waals surface area contributed by atoms with E-state index >= 15 is 0 Å². The first-order valence-electron chi connectivity index (χ1n) is 6.66. The van der Waals surface area contributed by atoms with Gasteiger partial charge in [0.25, 0.3) is 11.7 Å². The number of thioether (sulfide) groups is 1. The van der Waals surface area contributed by atoms with Gasteiger partial charge in [0.1, 0.15) is 0 Å². The lowest BCUT2D eigenvalue weighted by atomic mass is 10.2. The van der Waals surface area contributed by atoms with Crippen molar-refractivity contribution in [1.82, 2.24) is 9.80 Å². The molecule has 0 saturated carbocycles. The lowest BCUT2D eigenvalue weighted by Gasteiger charge is -2.34. The highest BCUT2D eigenvalue weighted by Crippen LogP contribution is 2.25. The number of carbonyl (C=O) groups is 1. The first kappa shape index (κ1) is 15.3. The molecule has 0 aliphatic carbocycles. The molecule has 1 aliphatic rings. The SMILES string of the molecule is CCN1CCN(C(=O)c2ccc(SC(F)F)cc2)CC1. The first-order chi connectivity index (χ1) is 9.60. The second kappa shape index (κ2) is 7.04. The molecule has 0 bridgehead atoms. The van der Waals surface area contributed by atoms with Gasteiger partial charge in [0.15, 0.2) is 0 Å². The van der Waals surface area contributed by atoms with Crippen molar-refractivity contribution in [3.63, 3.8) is 0 Å². The smallest absolute Gasteiger partial charge is 0.288 e. The van der Waals surface area contributed by atoms with Gasteiger partial charge in [0.05, 0.1) is 0 Å². The zero-order chi connectivity index (χ0) is 14.5. The Hall–Kier alpha value is -1.14. The number of nitrogens with zero attached hydrogens (tertiary/aromatic N) is 2. The second-order valence-corrected chi connectivity index (χ2v) is 5.69. The van der Waals surface area contributed by atoms with Crippen LogP contribution in [0.15, 0.2) is 29.2 Å². The summed E-state index contributed by atoms with van der Waals surface area (Å²) in [6.07, 6.45) is 0. The zero-order valence-electron chi connectivity index (χ0n) is 11.4. The molecule has 1 saturated heterocycles. The maximum Gasteiger partial charge on any atom is 0.288 e. The summed E-state index contributed by atoms with van der Waals surface area (Å²) < 4.78 is 24.4. The van der Waals surface area contributed by atoms with Crippen molar-refractivity contribution in [3.8, 4) is 0 Å². The Morgan fingerprint density at radius 2 is 1.80 bits per heavy atom. The molecule has 1 amide bonds. The largest absolute Gasteiger partial charge is 0.336 e. The highest BCUT2D eigenvalue weighted by molar-refractivity contribution is 7.99. The minimum absolute atomic E-state index is 0.0191. The van der Waals surface area contributed by atoms with E-state index in [4.69, 9.17) is 0 Å². The molecule has 1 aromatic carbocycles. The number of hydrogen-bond acceptors (Lipinski definition) is 3. The minimum atomic E-state index is -2.43. The first-order valence-corrected chi connectivity index (χ1v) is 7.54. The van der Waals surface area contributed by atoms with Crippen LogP contribution >= 0.6 is 11.8 Å². The van der Waals surface area contributed by atoms with Crippen LogP contribution in [-0.4, -0.2) is 54.2 Å². The molecule has 0 radical (unpaired) electrons. The van der Waals surface area contributed by atoms with Crippen LogP contribution in [0.2, 0.25) is 0 Å². The van der Waals surface area contributed by atoms with Gasteiger partial charge in [-0.25, -0.2) is 0 Å². The maximum atomic E-state index is 12.3. The molecule has 2 rings (SSSR count). The summed E-state index contributed by atoms with van der Waals surface area (Å²) >= 11 is 0.493. The Morgan fingerprint density at radius 1 is 1.20 bits per heavy atom. The van der Waals surface area contributed by atoms with E-state index in [-0.39, 0.29) is 5.91 Å². The number of amides is 1. The van der Waals surface area contributed by atoms with Crippen LogP contribution in [0.4, 0.5) is 8.78 Å². The molecular formula is C14H18F2N2OS. The van der Waals surface area contributed by atoms with Crippen LogP contribution in [0.5, 0.6) is 0 Å². The second-order valence-electron chi connectivity index (χ2n) is 4.63. The third-order valence-corrected chi connectivity index (χ3v) is 4.16. The lowest BCUT2D eigenvalue weighted by molar-refractivity contribution is 0.0643. The average molecular weight is 300 g/mol. The topological polar surface area (TPSA) is 23.6 Å². The molecule has 0 spiro atoms. The molecule has 0 aromatic heterocycles. The molecule has 0 N–H and O–H groups in total. The van der Waals surface area contributed by atoms with Crippen LogP contribution in [0.1, 0.15) is 17.3 Å². The van der Waals surface area contributed by atoms with Gasteiger partial charge in [-0.15, -0.1) is 0 Å². The summed E-state index contributed by atoms with van der Waals surface area (Å²) in [5, 5.41) is 0. The Morgan fingerprint density at radius 3 is 2.30 bits per heavy atom. The van der Waals surface area contributed by atoms with Crippen molar-refractivity contribution in [2.75, 3.05) is 32.7 Å². The molecule has 1 fully saturated rings. The normalized spacial score (nSPS) is 16.7. The number of benzene rings is 1. The lowest BCUT2D eigenvalue weighted by Crippen LogP contribution is -2.48. The minimum Gasteiger partial charge on any atom is -0.336 e. The van der Waals surface area contributed by atoms with Gasteiger partial charge in [0, 0.05) is 36.6 Å². The fourth-order valence-electron chi connectivity index (χ4n) is 2.23. The Labute approximate surface area is 121 Å². The van der Waals surface area contributed by atoms with E-state index in [0.717, 1.165) is 32.7 Å². The summed E-state index contributed by atoms with van der Waals surface area (Å²) in [4.78, 5) is 16.9. The molecule has 6 heteroatoms. The molecule has 110 valence electrons. The predicted molar refractivity (Wildman–Crippen MR) is 76.3 cm³/mol. The Balaban J connectivity index is 1.95. The van der Waals surface area contributed by atoms with Crippen molar-refractivity contribution in [1.29, 1.82) is 0 Å². The van der Waals surface area contributed by atoms with E-state index in [1.807, 2.05) is 4.90 Å². The number of rotatable bonds is 4. The number of carbonyl (C=O) groups excluding carboxylic acids is 1. The highest BCUT2D eigenvalue weighted by Gasteiger charge is 2.21. The Kier molecular flexibility index (Phi) is 5.37. The van der Waals surface area contributed by atoms with Crippen LogP contribution < -0.4 is 0 Å². The van der Waals surface area contributed by atoms with Crippen molar-refractivity contribution in [2.45, 2.75) is 17.6 Å². The van der Waals surface area contributed by atoms with E-state index in [0.29, 0.717) is 22.2 Å². The third-order valence-electron chi connectivity index (χ3n) is 3.43. The number of hydrogen-bond donors (Lipinski definition) is 0. The summed E-state index contributed by atoms with van der Waals surface area (Å²) in [6, 6.07) is 6.40. The van der Waals surface area contributed by atoms with E-state index < -0.39 is 5.76 Å². The molecular weight excluding hydrogens is 282 g/mol. The van der Waals surface area contributed by atoms with Gasteiger partial charge in [0.2, 0.25) is 0 Å². The van der Waals surface area contributed by atoms with E-state index in [1.165, 1.54) is 0 Å².